The van der Waals surface area contributed by atoms with E-state index in [0.717, 1.165) is 11.3 Å². The first-order chi connectivity index (χ1) is 16.3. The molecule has 0 radical (unpaired) electrons. The van der Waals surface area contributed by atoms with Gasteiger partial charge in [0.1, 0.15) is 0 Å². The average Bonchev–Trinajstić information content (AvgIpc) is 3.36. The summed E-state index contributed by atoms with van der Waals surface area (Å²) in [4.78, 5) is 0. The fraction of sp³-hybridized carbons (Fsp3) is 0.484. The van der Waals surface area contributed by atoms with Gasteiger partial charge in [-0.15, -0.1) is 0 Å². The van der Waals surface area contributed by atoms with Gasteiger partial charge >= 0.3 is 0 Å². The van der Waals surface area contributed by atoms with Gasteiger partial charge in [0.2, 0.25) is 0 Å². The van der Waals surface area contributed by atoms with Crippen LogP contribution in [0.3, 0.4) is 0 Å². The van der Waals surface area contributed by atoms with E-state index in [-0.39, 0.29) is 7.92 Å². The summed E-state index contributed by atoms with van der Waals surface area (Å²) in [7, 11) is -0.426. The van der Waals surface area contributed by atoms with Gasteiger partial charge in [-0.1, -0.05) is 132 Å². The van der Waals surface area contributed by atoms with Crippen LogP contribution in [0.25, 0.3) is 0 Å². The van der Waals surface area contributed by atoms with Crippen molar-refractivity contribution in [3.8, 4) is 0 Å². The second kappa shape index (κ2) is 11.5. The monoisotopic (exact) mass is 474 g/mol. The first-order valence-electron chi connectivity index (χ1n) is 13.4. The Bertz CT molecular complexity index is 876. The number of benzene rings is 2. The lowest BCUT2D eigenvalue weighted by Gasteiger charge is -2.40. The Balaban J connectivity index is 1.53. The summed E-state index contributed by atoms with van der Waals surface area (Å²) in [6.45, 7) is 2.56. The number of hydrogen-bond donors (Lipinski definition) is 0. The summed E-state index contributed by atoms with van der Waals surface area (Å²) in [5, 5.41) is 4.91. The van der Waals surface area contributed by atoms with Crippen molar-refractivity contribution in [1.82, 2.24) is 0 Å². The van der Waals surface area contributed by atoms with Crippen LogP contribution in [0.5, 0.6) is 0 Å². The van der Waals surface area contributed by atoms with Crippen LogP contribution in [0.15, 0.2) is 83.7 Å². The Hall–Kier alpha value is -1.22. The fourth-order valence-corrected chi connectivity index (χ4v) is 13.4. The van der Waals surface area contributed by atoms with E-state index in [1.54, 1.807) is 5.57 Å². The Morgan fingerprint density at radius 2 is 1.15 bits per heavy atom. The third-order valence-corrected chi connectivity index (χ3v) is 14.5. The third kappa shape index (κ3) is 5.39. The third-order valence-electron chi connectivity index (χ3n) is 8.12. The van der Waals surface area contributed by atoms with Crippen molar-refractivity contribution in [3.63, 3.8) is 0 Å². The molecule has 2 fully saturated rings. The SMILES string of the molecule is C[C@@H](C1=C(P(C2CCCCC2)C2CCCCC2)C=CC1)P(c1ccccc1)c1ccccc1. The zero-order chi connectivity index (χ0) is 22.5. The van der Waals surface area contributed by atoms with Crippen molar-refractivity contribution in [2.75, 3.05) is 0 Å². The Morgan fingerprint density at radius 1 is 0.667 bits per heavy atom. The Labute approximate surface area is 204 Å². The first kappa shape index (κ1) is 23.5. The van der Waals surface area contributed by atoms with Crippen molar-refractivity contribution in [2.24, 2.45) is 0 Å². The summed E-state index contributed by atoms with van der Waals surface area (Å²) in [6, 6.07) is 22.8. The molecule has 1 atom stereocenters. The van der Waals surface area contributed by atoms with E-state index in [1.807, 2.05) is 5.31 Å². The van der Waals surface area contributed by atoms with Crippen LogP contribution >= 0.6 is 15.8 Å². The fourth-order valence-electron chi connectivity index (χ4n) is 6.48. The zero-order valence-electron chi connectivity index (χ0n) is 20.3. The number of allylic oxidation sites excluding steroid dienone is 4. The number of rotatable bonds is 7. The lowest BCUT2D eigenvalue weighted by atomic mass is 9.99. The molecule has 0 saturated heterocycles. The van der Waals surface area contributed by atoms with E-state index >= 15 is 0 Å². The lowest BCUT2D eigenvalue weighted by molar-refractivity contribution is 0.486. The van der Waals surface area contributed by atoms with Crippen molar-refractivity contribution < 1.29 is 0 Å². The summed E-state index contributed by atoms with van der Waals surface area (Å²) < 4.78 is 0. The van der Waals surface area contributed by atoms with E-state index in [0.29, 0.717) is 5.66 Å². The highest BCUT2D eigenvalue weighted by atomic mass is 31.1. The maximum absolute atomic E-state index is 2.62. The standard InChI is InChI=1S/C31H40P2/c1-25(32(26-15-6-2-7-16-26)27-17-8-3-9-18-27)30-23-14-24-31(30)33(28-19-10-4-11-20-28)29-21-12-5-13-22-29/h2-3,6-9,14-18,24-25,28-29H,4-5,10-13,19-23H2,1H3/t25-/m0/s1. The van der Waals surface area contributed by atoms with Gasteiger partial charge in [0.05, 0.1) is 0 Å². The maximum atomic E-state index is 2.62. The molecule has 3 aliphatic carbocycles. The molecule has 0 amide bonds. The summed E-state index contributed by atoms with van der Waals surface area (Å²) >= 11 is 0. The van der Waals surface area contributed by atoms with Gasteiger partial charge in [-0.2, -0.15) is 0 Å². The van der Waals surface area contributed by atoms with E-state index in [4.69, 9.17) is 0 Å². The molecule has 33 heavy (non-hydrogen) atoms. The quantitative estimate of drug-likeness (QED) is 0.352. The second-order valence-electron chi connectivity index (χ2n) is 10.2. The zero-order valence-corrected chi connectivity index (χ0v) is 22.1. The molecule has 0 aromatic heterocycles. The minimum atomic E-state index is -0.397. The topological polar surface area (TPSA) is 0 Å². The maximum Gasteiger partial charge on any atom is 0.00650 e. The minimum absolute atomic E-state index is 0.0293. The van der Waals surface area contributed by atoms with Crippen LogP contribution in [0.2, 0.25) is 0 Å². The molecule has 2 aromatic carbocycles. The summed E-state index contributed by atoms with van der Waals surface area (Å²) in [6.07, 6.45) is 21.1. The van der Waals surface area contributed by atoms with Crippen LogP contribution in [-0.4, -0.2) is 17.0 Å². The molecular weight excluding hydrogens is 434 g/mol. The molecule has 0 aliphatic heterocycles. The molecule has 3 aliphatic rings. The van der Waals surface area contributed by atoms with Crippen LogP contribution in [-0.2, 0) is 0 Å². The summed E-state index contributed by atoms with van der Waals surface area (Å²) in [5.41, 5.74) is 4.37. The van der Waals surface area contributed by atoms with E-state index in [1.165, 1.54) is 81.2 Å². The van der Waals surface area contributed by atoms with E-state index in [2.05, 4.69) is 79.7 Å². The van der Waals surface area contributed by atoms with Gasteiger partial charge in [0.15, 0.2) is 0 Å². The van der Waals surface area contributed by atoms with E-state index in [9.17, 15) is 0 Å². The molecule has 5 rings (SSSR count). The van der Waals surface area contributed by atoms with Gasteiger partial charge in [0, 0.05) is 5.66 Å². The van der Waals surface area contributed by atoms with Crippen molar-refractivity contribution in [2.45, 2.75) is 94.5 Å². The van der Waals surface area contributed by atoms with Gasteiger partial charge in [0.25, 0.3) is 0 Å². The largest absolute Gasteiger partial charge is 0.0798 e. The molecule has 2 saturated carbocycles. The van der Waals surface area contributed by atoms with Crippen LogP contribution in [0.4, 0.5) is 0 Å². The molecule has 0 N–H and O–H groups in total. The lowest BCUT2D eigenvalue weighted by Crippen LogP contribution is -2.24. The highest BCUT2D eigenvalue weighted by Crippen LogP contribution is 2.64. The highest BCUT2D eigenvalue weighted by molar-refractivity contribution is 7.74. The Kier molecular flexibility index (Phi) is 8.18. The second-order valence-corrected chi connectivity index (χ2v) is 15.5. The van der Waals surface area contributed by atoms with Gasteiger partial charge in [-0.05, 0) is 67.3 Å². The number of hydrogen-bond acceptors (Lipinski definition) is 0. The Morgan fingerprint density at radius 3 is 1.64 bits per heavy atom. The molecule has 0 bridgehead atoms. The van der Waals surface area contributed by atoms with Crippen molar-refractivity contribution in [3.05, 3.63) is 83.7 Å². The van der Waals surface area contributed by atoms with E-state index < -0.39 is 7.92 Å². The molecular formula is C31H40P2. The van der Waals surface area contributed by atoms with Crippen LogP contribution in [0, 0.1) is 0 Å². The van der Waals surface area contributed by atoms with Gasteiger partial charge in [-0.3, -0.25) is 0 Å². The first-order valence-corrected chi connectivity index (χ1v) is 16.3. The average molecular weight is 475 g/mol. The molecule has 0 heterocycles. The normalized spacial score (nSPS) is 21.3. The molecule has 2 aromatic rings. The smallest absolute Gasteiger partial charge is 0.00650 e. The van der Waals surface area contributed by atoms with Crippen molar-refractivity contribution >= 4 is 26.5 Å². The molecule has 0 nitrogen and oxygen atoms in total. The van der Waals surface area contributed by atoms with Crippen LogP contribution in [0.1, 0.15) is 77.6 Å². The predicted molar refractivity (Wildman–Crippen MR) is 150 cm³/mol. The molecule has 0 unspecified atom stereocenters. The van der Waals surface area contributed by atoms with Gasteiger partial charge in [-0.25, -0.2) is 0 Å². The molecule has 0 spiro atoms. The predicted octanol–water partition coefficient (Wildman–Crippen LogP) is 8.87. The van der Waals surface area contributed by atoms with Gasteiger partial charge < -0.3 is 0 Å². The van der Waals surface area contributed by atoms with Crippen molar-refractivity contribution in [1.29, 1.82) is 0 Å². The van der Waals surface area contributed by atoms with Crippen LogP contribution < -0.4 is 10.6 Å². The summed E-state index contributed by atoms with van der Waals surface area (Å²) in [5.74, 6) is 0. The minimum Gasteiger partial charge on any atom is -0.0798 e. The molecule has 174 valence electrons. The highest BCUT2D eigenvalue weighted by Gasteiger charge is 2.36. The molecule has 2 heteroatoms.